The first kappa shape index (κ1) is 11.5. The van der Waals surface area contributed by atoms with Gasteiger partial charge in [-0.2, -0.15) is 10.4 Å². The Balaban J connectivity index is 2.09. The molecule has 1 heterocycles. The lowest BCUT2D eigenvalue weighted by molar-refractivity contribution is 0.412. The molecule has 0 aromatic heterocycles. The van der Waals surface area contributed by atoms with Gasteiger partial charge in [0.1, 0.15) is 6.07 Å². The second-order valence-electron chi connectivity index (χ2n) is 3.09. The summed E-state index contributed by atoms with van der Waals surface area (Å²) in [7, 11) is 0. The van der Waals surface area contributed by atoms with E-state index in [1.165, 1.54) is 4.03 Å². The van der Waals surface area contributed by atoms with Crippen molar-refractivity contribution in [3.05, 3.63) is 30.3 Å². The molecule has 2 rings (SSSR count). The summed E-state index contributed by atoms with van der Waals surface area (Å²) >= 11 is 3.15. The molecule has 86 valence electrons. The van der Waals surface area contributed by atoms with E-state index in [-0.39, 0.29) is 5.71 Å². The van der Waals surface area contributed by atoms with Gasteiger partial charge >= 0.3 is 0 Å². The van der Waals surface area contributed by atoms with Crippen LogP contribution in [0.1, 0.15) is 0 Å². The number of halogens is 1. The van der Waals surface area contributed by atoms with E-state index in [1.54, 1.807) is 0 Å². The zero-order chi connectivity index (χ0) is 12.1. The third kappa shape index (κ3) is 2.77. The summed E-state index contributed by atoms with van der Waals surface area (Å²) in [5.41, 5.74) is 6.30. The van der Waals surface area contributed by atoms with E-state index >= 15 is 0 Å². The van der Waals surface area contributed by atoms with E-state index in [0.717, 1.165) is 5.69 Å². The molecular weight excluding hydrogens is 286 g/mol. The van der Waals surface area contributed by atoms with Gasteiger partial charge in [0, 0.05) is 16.1 Å². The van der Waals surface area contributed by atoms with Crippen molar-refractivity contribution in [2.75, 3.05) is 5.43 Å². The lowest BCUT2D eigenvalue weighted by Gasteiger charge is -2.10. The van der Waals surface area contributed by atoms with Crippen molar-refractivity contribution in [1.82, 2.24) is 9.57 Å². The molecule has 0 amide bonds. The molecule has 0 radical (unpaired) electrons. The molecule has 17 heavy (non-hydrogen) atoms. The Kier molecular flexibility index (Phi) is 3.64. The van der Waals surface area contributed by atoms with Crippen LogP contribution in [0.2, 0.25) is 0 Å². The lowest BCUT2D eigenvalue weighted by Crippen LogP contribution is -2.34. The van der Waals surface area contributed by atoms with Crippen molar-refractivity contribution in [3.63, 3.8) is 0 Å². The van der Waals surface area contributed by atoms with Crippen LogP contribution in [0.25, 0.3) is 0 Å². The molecule has 0 bridgehead atoms. The van der Waals surface area contributed by atoms with E-state index in [4.69, 9.17) is 5.26 Å². The normalized spacial score (nSPS) is 19.8. The number of nitriles is 1. The van der Waals surface area contributed by atoms with Gasteiger partial charge in [-0.05, 0) is 12.1 Å². The topological polar surface area (TPSA) is 88.2 Å². The van der Waals surface area contributed by atoms with Crippen LogP contribution in [-0.4, -0.2) is 15.9 Å². The molecule has 1 atom stereocenters. The second-order valence-corrected chi connectivity index (χ2v) is 3.85. The summed E-state index contributed by atoms with van der Waals surface area (Å²) in [5, 5.41) is 20.3. The molecule has 1 aromatic rings. The standard InChI is InChI=1S/C9H8BrN7/c10-17-9(14-15-16-17)8(6-11)13-12-7-4-2-1-3-5-7/h1-5,9,12H,(H,14,16). The van der Waals surface area contributed by atoms with Crippen molar-refractivity contribution < 1.29 is 0 Å². The summed E-state index contributed by atoms with van der Waals surface area (Å²) in [6.07, 6.45) is -0.573. The minimum absolute atomic E-state index is 0.194. The fourth-order valence-corrected chi connectivity index (χ4v) is 1.51. The molecule has 0 saturated carbocycles. The highest BCUT2D eigenvalue weighted by Crippen LogP contribution is 2.13. The van der Waals surface area contributed by atoms with Crippen LogP contribution in [0, 0.1) is 11.3 Å². The Hall–Kier alpha value is -1.98. The zero-order valence-electron chi connectivity index (χ0n) is 8.58. The fourth-order valence-electron chi connectivity index (χ4n) is 1.16. The smallest absolute Gasteiger partial charge is 0.208 e. The van der Waals surface area contributed by atoms with Crippen LogP contribution in [-0.2, 0) is 0 Å². The van der Waals surface area contributed by atoms with Crippen LogP contribution in [0.4, 0.5) is 5.69 Å². The number of hydrogen-bond donors (Lipinski definition) is 2. The summed E-state index contributed by atoms with van der Waals surface area (Å²) in [6.45, 7) is 0. The summed E-state index contributed by atoms with van der Waals surface area (Å²) in [6, 6.07) is 11.3. The third-order valence-electron chi connectivity index (χ3n) is 1.96. The Bertz CT molecular complexity index is 478. The molecule has 1 aliphatic heterocycles. The molecular formula is C9H8BrN7. The van der Waals surface area contributed by atoms with Crippen LogP contribution in [0.5, 0.6) is 0 Å². The molecule has 1 unspecified atom stereocenters. The van der Waals surface area contributed by atoms with Gasteiger partial charge in [0.2, 0.25) is 6.17 Å². The molecule has 2 N–H and O–H groups in total. The van der Waals surface area contributed by atoms with Gasteiger partial charge in [-0.1, -0.05) is 23.4 Å². The Labute approximate surface area is 106 Å². The third-order valence-corrected chi connectivity index (χ3v) is 2.51. The minimum Gasteiger partial charge on any atom is -0.277 e. The number of nitrogens with zero attached hydrogens (tertiary/aromatic N) is 5. The average molecular weight is 294 g/mol. The quantitative estimate of drug-likeness (QED) is 0.505. The van der Waals surface area contributed by atoms with Crippen molar-refractivity contribution in [1.29, 1.82) is 5.26 Å². The van der Waals surface area contributed by atoms with Crippen LogP contribution in [0.15, 0.2) is 45.8 Å². The maximum Gasteiger partial charge on any atom is 0.208 e. The van der Waals surface area contributed by atoms with Crippen molar-refractivity contribution in [3.8, 4) is 6.07 Å². The number of benzene rings is 1. The molecule has 7 nitrogen and oxygen atoms in total. The molecule has 1 aliphatic rings. The first-order chi connectivity index (χ1) is 8.31. The zero-order valence-corrected chi connectivity index (χ0v) is 10.2. The molecule has 0 spiro atoms. The second kappa shape index (κ2) is 5.38. The number of hydrogen-bond acceptors (Lipinski definition) is 7. The van der Waals surface area contributed by atoms with Gasteiger partial charge in [0.15, 0.2) is 5.71 Å². The highest BCUT2D eigenvalue weighted by molar-refractivity contribution is 9.07. The SMILES string of the molecule is N#CC(=NNc1ccccc1)C1N=NNN1Br. The lowest BCUT2D eigenvalue weighted by atomic mass is 10.3. The van der Waals surface area contributed by atoms with E-state index in [1.807, 2.05) is 36.4 Å². The minimum atomic E-state index is -0.573. The largest absolute Gasteiger partial charge is 0.277 e. The highest BCUT2D eigenvalue weighted by Gasteiger charge is 2.26. The van der Waals surface area contributed by atoms with Gasteiger partial charge < -0.3 is 0 Å². The number of hydrazone groups is 1. The predicted octanol–water partition coefficient (Wildman–Crippen LogP) is 1.80. The highest BCUT2D eigenvalue weighted by atomic mass is 79.9. The first-order valence-electron chi connectivity index (χ1n) is 4.70. The fraction of sp³-hybridized carbons (Fsp3) is 0.111. The van der Waals surface area contributed by atoms with Gasteiger partial charge in [-0.3, -0.25) is 5.43 Å². The van der Waals surface area contributed by atoms with E-state index in [9.17, 15) is 0 Å². The van der Waals surface area contributed by atoms with Crippen molar-refractivity contribution in [2.24, 2.45) is 15.4 Å². The van der Waals surface area contributed by atoms with Gasteiger partial charge in [0.25, 0.3) is 0 Å². The van der Waals surface area contributed by atoms with Crippen LogP contribution in [0.3, 0.4) is 0 Å². The maximum absolute atomic E-state index is 8.98. The maximum atomic E-state index is 8.98. The van der Waals surface area contributed by atoms with Crippen molar-refractivity contribution >= 4 is 27.5 Å². The van der Waals surface area contributed by atoms with Gasteiger partial charge in [-0.25, -0.2) is 5.53 Å². The average Bonchev–Trinajstić information content (AvgIpc) is 2.78. The number of rotatable bonds is 3. The summed E-state index contributed by atoms with van der Waals surface area (Å²) in [4.78, 5) is 0. The Morgan fingerprint density at radius 1 is 1.53 bits per heavy atom. The van der Waals surface area contributed by atoms with E-state index in [2.05, 4.69) is 42.5 Å². The summed E-state index contributed by atoms with van der Waals surface area (Å²) < 4.78 is 1.40. The monoisotopic (exact) mass is 293 g/mol. The van der Waals surface area contributed by atoms with Crippen molar-refractivity contribution in [2.45, 2.75) is 6.17 Å². The summed E-state index contributed by atoms with van der Waals surface area (Å²) in [5.74, 6) is 0. The molecule has 0 aliphatic carbocycles. The molecule has 0 fully saturated rings. The van der Waals surface area contributed by atoms with Gasteiger partial charge in [0.05, 0.1) is 5.69 Å². The van der Waals surface area contributed by atoms with Gasteiger partial charge in [-0.15, -0.1) is 9.15 Å². The first-order valence-corrected chi connectivity index (χ1v) is 5.41. The number of para-hydroxylation sites is 1. The number of hydrazine groups is 1. The molecule has 8 heteroatoms. The number of nitrogens with one attached hydrogen (secondary N) is 2. The van der Waals surface area contributed by atoms with Crippen LogP contribution < -0.4 is 11.0 Å². The number of anilines is 1. The Morgan fingerprint density at radius 3 is 2.88 bits per heavy atom. The molecule has 1 aromatic carbocycles. The molecule has 0 saturated heterocycles. The Morgan fingerprint density at radius 2 is 2.29 bits per heavy atom. The predicted molar refractivity (Wildman–Crippen MR) is 65.7 cm³/mol. The van der Waals surface area contributed by atoms with Crippen LogP contribution >= 0.6 is 16.1 Å². The van der Waals surface area contributed by atoms with E-state index in [0.29, 0.717) is 0 Å². The van der Waals surface area contributed by atoms with E-state index < -0.39 is 6.17 Å².